The van der Waals surface area contributed by atoms with Gasteiger partial charge in [0.05, 0.1) is 0 Å². The fourth-order valence-corrected chi connectivity index (χ4v) is 2.95. The van der Waals surface area contributed by atoms with Gasteiger partial charge in [0.15, 0.2) is 0 Å². The second-order valence-electron chi connectivity index (χ2n) is 3.97. The number of nitrogens with two attached hydrogens (primary N) is 1. The number of thioether (sulfide) groups is 1. The molecule has 2 atom stereocenters. The molecular weight excluding hydrogens is 180 g/mol. The van der Waals surface area contributed by atoms with Crippen LogP contribution in [0.3, 0.4) is 0 Å². The van der Waals surface area contributed by atoms with Gasteiger partial charge in [-0.3, -0.25) is 4.90 Å². The second kappa shape index (κ2) is 5.89. The lowest BCUT2D eigenvalue weighted by atomic mass is 10.1. The summed E-state index contributed by atoms with van der Waals surface area (Å²) in [7, 11) is 0. The van der Waals surface area contributed by atoms with Crippen molar-refractivity contribution in [2.75, 3.05) is 31.1 Å². The minimum absolute atomic E-state index is 0.612. The zero-order valence-electron chi connectivity index (χ0n) is 8.83. The molecule has 0 radical (unpaired) electrons. The number of rotatable bonds is 3. The summed E-state index contributed by atoms with van der Waals surface area (Å²) in [4.78, 5) is 2.57. The first kappa shape index (κ1) is 11.3. The van der Waals surface area contributed by atoms with Crippen LogP contribution in [0.15, 0.2) is 0 Å². The lowest BCUT2D eigenvalue weighted by Gasteiger charge is -2.29. The largest absolute Gasteiger partial charge is 0.329 e. The van der Waals surface area contributed by atoms with Gasteiger partial charge in [0.25, 0.3) is 0 Å². The van der Waals surface area contributed by atoms with Crippen LogP contribution in [0.25, 0.3) is 0 Å². The molecule has 1 aliphatic rings. The summed E-state index contributed by atoms with van der Waals surface area (Å²) in [6, 6.07) is 0.612. The van der Waals surface area contributed by atoms with Crippen LogP contribution >= 0.6 is 11.8 Å². The van der Waals surface area contributed by atoms with Crippen LogP contribution in [0.5, 0.6) is 0 Å². The Kier molecular flexibility index (Phi) is 5.14. The smallest absolute Gasteiger partial charge is 0.0216 e. The van der Waals surface area contributed by atoms with Crippen LogP contribution in [-0.2, 0) is 0 Å². The maximum Gasteiger partial charge on any atom is 0.0216 e. The second-order valence-corrected chi connectivity index (χ2v) is 5.12. The van der Waals surface area contributed by atoms with Gasteiger partial charge < -0.3 is 5.73 Å². The van der Waals surface area contributed by atoms with Gasteiger partial charge in [-0.1, -0.05) is 13.8 Å². The van der Waals surface area contributed by atoms with E-state index < -0.39 is 0 Å². The lowest BCUT2D eigenvalue weighted by Crippen LogP contribution is -2.42. The van der Waals surface area contributed by atoms with E-state index in [0.29, 0.717) is 6.04 Å². The van der Waals surface area contributed by atoms with Gasteiger partial charge in [-0.25, -0.2) is 0 Å². The third kappa shape index (κ3) is 3.49. The van der Waals surface area contributed by atoms with E-state index in [0.717, 1.165) is 12.5 Å². The van der Waals surface area contributed by atoms with Crippen molar-refractivity contribution in [2.45, 2.75) is 26.3 Å². The molecule has 2 nitrogen and oxygen atoms in total. The van der Waals surface area contributed by atoms with Crippen molar-refractivity contribution in [2.24, 2.45) is 11.7 Å². The van der Waals surface area contributed by atoms with Crippen LogP contribution < -0.4 is 5.73 Å². The van der Waals surface area contributed by atoms with Gasteiger partial charge in [0, 0.05) is 31.4 Å². The fourth-order valence-electron chi connectivity index (χ4n) is 1.92. The third-order valence-corrected chi connectivity index (χ3v) is 4.01. The molecule has 0 saturated carbocycles. The molecule has 1 aliphatic heterocycles. The zero-order valence-corrected chi connectivity index (χ0v) is 9.65. The summed E-state index contributed by atoms with van der Waals surface area (Å²) in [6.07, 6.45) is 1.19. The fraction of sp³-hybridized carbons (Fsp3) is 1.00. The molecule has 0 amide bonds. The molecule has 1 fully saturated rings. The summed E-state index contributed by atoms with van der Waals surface area (Å²) >= 11 is 2.08. The van der Waals surface area contributed by atoms with E-state index in [1.807, 2.05) is 0 Å². The van der Waals surface area contributed by atoms with Crippen molar-refractivity contribution in [3.8, 4) is 0 Å². The Bertz CT molecular complexity index is 137. The molecule has 2 N–H and O–H groups in total. The monoisotopic (exact) mass is 202 g/mol. The van der Waals surface area contributed by atoms with Gasteiger partial charge >= 0.3 is 0 Å². The molecular formula is C10H22N2S. The van der Waals surface area contributed by atoms with Crippen molar-refractivity contribution < 1.29 is 0 Å². The van der Waals surface area contributed by atoms with Crippen molar-refractivity contribution >= 4 is 11.8 Å². The van der Waals surface area contributed by atoms with E-state index in [1.165, 1.54) is 31.0 Å². The van der Waals surface area contributed by atoms with E-state index in [2.05, 4.69) is 30.5 Å². The molecule has 3 heteroatoms. The number of hydrogen-bond donors (Lipinski definition) is 1. The van der Waals surface area contributed by atoms with Gasteiger partial charge in [-0.15, -0.1) is 0 Å². The van der Waals surface area contributed by atoms with E-state index in [1.54, 1.807) is 0 Å². The van der Waals surface area contributed by atoms with Crippen LogP contribution in [-0.4, -0.2) is 42.1 Å². The minimum Gasteiger partial charge on any atom is -0.329 e. The molecule has 78 valence electrons. The van der Waals surface area contributed by atoms with Gasteiger partial charge in [-0.05, 0) is 18.1 Å². The molecule has 1 heterocycles. The average molecular weight is 202 g/mol. The zero-order chi connectivity index (χ0) is 9.68. The Morgan fingerprint density at radius 2 is 2.38 bits per heavy atom. The number of nitrogens with zero attached hydrogens (tertiary/aromatic N) is 1. The van der Waals surface area contributed by atoms with Gasteiger partial charge in [0.1, 0.15) is 0 Å². The van der Waals surface area contributed by atoms with Crippen molar-refractivity contribution in [3.05, 3.63) is 0 Å². The molecule has 1 rings (SSSR count). The van der Waals surface area contributed by atoms with E-state index in [9.17, 15) is 0 Å². The topological polar surface area (TPSA) is 29.3 Å². The van der Waals surface area contributed by atoms with Crippen LogP contribution in [0.1, 0.15) is 20.3 Å². The summed E-state index contributed by atoms with van der Waals surface area (Å²) < 4.78 is 0. The van der Waals surface area contributed by atoms with E-state index in [4.69, 9.17) is 5.73 Å². The van der Waals surface area contributed by atoms with Crippen molar-refractivity contribution in [1.82, 2.24) is 4.90 Å². The standard InChI is InChI=1S/C10H22N2S/c1-3-10(6-11)12-4-5-13-8-9(2)7-12/h9-10H,3-8,11H2,1-2H3. The average Bonchev–Trinajstić information content (AvgIpc) is 2.32. The molecule has 0 aromatic carbocycles. The molecule has 0 bridgehead atoms. The summed E-state index contributed by atoms with van der Waals surface area (Å²) in [6.45, 7) is 7.86. The highest BCUT2D eigenvalue weighted by Crippen LogP contribution is 2.17. The highest BCUT2D eigenvalue weighted by molar-refractivity contribution is 7.99. The van der Waals surface area contributed by atoms with E-state index in [-0.39, 0.29) is 0 Å². The number of hydrogen-bond acceptors (Lipinski definition) is 3. The predicted octanol–water partition coefficient (Wildman–Crippen LogP) is 1.41. The summed E-state index contributed by atoms with van der Waals surface area (Å²) in [5.74, 6) is 3.42. The molecule has 0 aliphatic carbocycles. The van der Waals surface area contributed by atoms with Gasteiger partial charge in [0.2, 0.25) is 0 Å². The van der Waals surface area contributed by atoms with Crippen molar-refractivity contribution in [1.29, 1.82) is 0 Å². The first-order chi connectivity index (χ1) is 6.27. The molecule has 0 aromatic heterocycles. The summed E-state index contributed by atoms with van der Waals surface area (Å²) in [5.41, 5.74) is 5.76. The van der Waals surface area contributed by atoms with Crippen molar-refractivity contribution in [3.63, 3.8) is 0 Å². The first-order valence-corrected chi connectivity index (χ1v) is 6.45. The Balaban J connectivity index is 2.45. The Labute approximate surface area is 86.2 Å². The molecule has 0 aromatic rings. The minimum atomic E-state index is 0.612. The predicted molar refractivity (Wildman–Crippen MR) is 61.2 cm³/mol. The highest BCUT2D eigenvalue weighted by atomic mass is 32.2. The van der Waals surface area contributed by atoms with Crippen LogP contribution in [0, 0.1) is 5.92 Å². The first-order valence-electron chi connectivity index (χ1n) is 5.29. The van der Waals surface area contributed by atoms with Gasteiger partial charge in [-0.2, -0.15) is 11.8 Å². The maximum atomic E-state index is 5.76. The molecule has 0 spiro atoms. The SMILES string of the molecule is CCC(CN)N1CCSCC(C)C1. The Hall–Kier alpha value is 0.270. The van der Waals surface area contributed by atoms with Crippen LogP contribution in [0.4, 0.5) is 0 Å². The lowest BCUT2D eigenvalue weighted by molar-refractivity contribution is 0.190. The van der Waals surface area contributed by atoms with E-state index >= 15 is 0 Å². The highest BCUT2D eigenvalue weighted by Gasteiger charge is 2.20. The molecule has 13 heavy (non-hydrogen) atoms. The Morgan fingerprint density at radius 1 is 1.62 bits per heavy atom. The molecule has 2 unspecified atom stereocenters. The third-order valence-electron chi connectivity index (χ3n) is 2.73. The van der Waals surface area contributed by atoms with Crippen LogP contribution in [0.2, 0.25) is 0 Å². The molecule has 1 saturated heterocycles. The maximum absolute atomic E-state index is 5.76. The Morgan fingerprint density at radius 3 is 3.00 bits per heavy atom. The quantitative estimate of drug-likeness (QED) is 0.750. The normalized spacial score (nSPS) is 28.4. The summed E-state index contributed by atoms with van der Waals surface area (Å²) in [5, 5.41) is 0.